The summed E-state index contributed by atoms with van der Waals surface area (Å²) >= 11 is 0. The predicted molar refractivity (Wildman–Crippen MR) is 561 cm³/mol. The van der Waals surface area contributed by atoms with E-state index in [0.29, 0.717) is 25.7 Å². The fourth-order valence-electron chi connectivity index (χ4n) is 16.3. The first-order valence-corrected chi connectivity index (χ1v) is 44.1. The molecule has 0 aliphatic carbocycles. The first-order valence-electron chi connectivity index (χ1n) is 90.6. The van der Waals surface area contributed by atoms with Crippen LogP contribution in [-0.4, -0.2) is 260 Å². The fraction of sp³-hybridized carbons (Fsp3) is 0.692. The van der Waals surface area contributed by atoms with Gasteiger partial charge in [-0.05, 0) is 324 Å². The first kappa shape index (κ1) is 41.2. The molecular formula is C117H180N6O18. The highest BCUT2D eigenvalue weighted by Gasteiger charge is 2.47. The number of benzene rings is 6. The summed E-state index contributed by atoms with van der Waals surface area (Å²) in [7, 11) is -4.25. The van der Waals surface area contributed by atoms with E-state index in [0.717, 1.165) is 56.9 Å². The van der Waals surface area contributed by atoms with E-state index < -0.39 is 583 Å². The van der Waals surface area contributed by atoms with Crippen LogP contribution in [0.2, 0.25) is 0 Å². The van der Waals surface area contributed by atoms with Crippen molar-refractivity contribution in [2.45, 2.75) is 291 Å². The normalized spacial score (nSPS) is 48.0. The summed E-state index contributed by atoms with van der Waals surface area (Å²) in [5.74, 6) is -25.1. The van der Waals surface area contributed by atoms with Crippen molar-refractivity contribution >= 4 is 0 Å². The average molecular weight is 2050 g/mol. The Morgan fingerprint density at radius 2 is 0.504 bits per heavy atom. The van der Waals surface area contributed by atoms with Gasteiger partial charge in [0.2, 0.25) is 0 Å². The van der Waals surface area contributed by atoms with Crippen molar-refractivity contribution in [1.82, 2.24) is 29.4 Å². The molecule has 6 N–H and O–H groups in total. The van der Waals surface area contributed by atoms with Gasteiger partial charge >= 0.3 is 0 Å². The number of nitrogens with zero attached hydrogens (tertiary/aromatic N) is 6. The highest BCUT2D eigenvalue weighted by molar-refractivity contribution is 5.55. The zero-order valence-corrected chi connectivity index (χ0v) is 80.0. The van der Waals surface area contributed by atoms with Crippen molar-refractivity contribution in [2.75, 3.05) is 163 Å². The molecule has 24 nitrogen and oxygen atoms in total. The van der Waals surface area contributed by atoms with Gasteiger partial charge in [-0.2, -0.15) is 0 Å². The van der Waals surface area contributed by atoms with Crippen LogP contribution in [0.25, 0.3) is 0 Å². The number of hydrogen-bond donors (Lipinski definition) is 6. The molecule has 0 radical (unpaired) electrons. The minimum absolute atomic E-state index is 0.0593. The lowest BCUT2D eigenvalue weighted by Crippen LogP contribution is -2.48. The molecule has 0 spiro atoms. The molecule has 18 unspecified atom stereocenters. The number of methoxy groups -OCH3 is 12. The predicted octanol–water partition coefficient (Wildman–Crippen LogP) is 19.3. The number of fused-ring (bicyclic) bond motifs is 18. The molecular weight excluding hydrogens is 1780 g/mol. The number of ether oxygens (including phenoxy) is 12. The smallest absolute Gasteiger partial charge is 0.161 e. The molecule has 786 valence electrons. The van der Waals surface area contributed by atoms with Crippen molar-refractivity contribution in [1.29, 1.82) is 0 Å². The van der Waals surface area contributed by atoms with E-state index in [2.05, 4.69) is 0 Å². The molecule has 6 aromatic carbocycles. The van der Waals surface area contributed by atoms with E-state index >= 15 is 0 Å². The number of aliphatic hydroxyl groups excluding tert-OH is 4. The van der Waals surface area contributed by atoms with Gasteiger partial charge in [-0.25, -0.2) is 0 Å². The zero-order chi connectivity index (χ0) is 183. The Labute approximate surface area is 977 Å². The molecule has 0 bridgehead atoms. The highest BCUT2D eigenvalue weighted by Crippen LogP contribution is 2.53. The third kappa shape index (κ3) is 26.9. The van der Waals surface area contributed by atoms with Crippen LogP contribution in [0.4, 0.5) is 0 Å². The Kier molecular flexibility index (Phi) is 14.1. The van der Waals surface area contributed by atoms with Gasteiger partial charge in [-0.3, -0.25) is 29.4 Å². The molecule has 12 heterocycles. The Morgan fingerprint density at radius 1 is 0.305 bits per heavy atom. The van der Waals surface area contributed by atoms with E-state index in [9.17, 15) is 30.6 Å². The summed E-state index contributed by atoms with van der Waals surface area (Å²) in [5, 5.41) is 67.2. The standard InChI is InChI=1S/3C20H31NO3.3C19H29NO3/c3*1-20(2,3)11-14-12-21-7-6-13-8-18(23-4)19(24-5)9-15(13)16(21)10-17(14)22;3*1-12(2)7-14-11-20-6-5-13-8-18(22-3)19(23-4)9-15(13)16(20)10-17(14)21/h3*8-9,14,16-17,22H,6-7,10-12H2,1-5H3;3*8-9,12,14,16-17,21H,5-7,10-11H2,1-4H3/i2*1D3,2D3,5D3,6D2,7D2,8D,9D,11D2,12D2;1D3,2D3,6D2,7D2,8D,9D,11D2,12D2;4D3,5D2,6D2,8D,9D,10D2,11D2,14D,17D;5D2,6D2,8D,9D,10D2,11D2,14D,17D;4D3,5D2,6D2,8D,9D,11D2,14D. The maximum absolute atomic E-state index is 11.3. The summed E-state index contributed by atoms with van der Waals surface area (Å²) in [6.07, 6.45) is -57.1. The van der Waals surface area contributed by atoms with Gasteiger partial charge in [0.15, 0.2) is 69.0 Å². The van der Waals surface area contributed by atoms with Crippen LogP contribution in [0.15, 0.2) is 72.5 Å². The molecule has 0 saturated carbocycles. The SMILES string of the molecule is [2H]c1c(OC([2H])([2H])[2H])c(OC)c([2H])c2c1C1CC(O)C(C([2H])([2H])C(C)(C([2H])([2H])[2H])C([2H])([2H])[2H])C([2H])([2H])N1C([2H])([2H])C2([2H])[2H].[2H]c1c(OC([2H])([2H])[2H])c(OC)c([2H])c2c1C1CC(O)C(C([2H])([2H])C(C)(C([2H])([2H])[2H])C([2H])([2H])[2H])C([2H])([2H])N1C([2H])([2H])C2([2H])[2H].[2H]c1c(OC([2H])([2H])[2H])c(OC)c([2H])c2c1C1CC(O)C([2H])(CC(C)C)C([2H])([2H])N1C([2H])([2H])C2([2H])[2H].[2H]c1c(OC([2H])([2H])[2H])c(OC)c([2H])c2c1C1N(C([2H])([2H])C2([2H])[2H])C([2H])([2H])C([2H])(CC(C)C)C([2H])(O)C1([2H])[2H].[2H]c1c(OC)c(OC)c([2H])c2c1C1CC(O)C(C([2H])([2H])C(C)(C([2H])([2H])[2H])C([2H])([2H])[2H])C([2H])([2H])N1C([2H])([2H])C2([2H])[2H].[2H]c1c(OC)c(OC)c([2H])c2c1C1N(C([2H])([2H])C2([2H])[2H])C([2H])([2H])C([2H])(CC(C)C)C([2H])(O)C1([2H])[2H]. The minimum atomic E-state index is -3.64. The molecule has 12 aliphatic rings. The zero-order valence-electron chi connectivity index (χ0n) is 173. The summed E-state index contributed by atoms with van der Waals surface area (Å²) in [6, 6.07) is -21.6. The van der Waals surface area contributed by atoms with Gasteiger partial charge in [0, 0.05) is 206 Å². The van der Waals surface area contributed by atoms with Crippen molar-refractivity contribution in [3.8, 4) is 69.0 Å². The van der Waals surface area contributed by atoms with E-state index in [1.54, 1.807) is 27.7 Å². The van der Waals surface area contributed by atoms with Crippen LogP contribution in [0.3, 0.4) is 0 Å². The van der Waals surface area contributed by atoms with Crippen molar-refractivity contribution in [3.05, 3.63) is 139 Å². The van der Waals surface area contributed by atoms with Crippen LogP contribution in [-0.2, 0) is 38.2 Å². The van der Waals surface area contributed by atoms with Crippen LogP contribution < -0.4 is 56.8 Å². The van der Waals surface area contributed by atoms with E-state index in [1.165, 1.54) is 13.8 Å². The van der Waals surface area contributed by atoms with Gasteiger partial charge in [-0.1, -0.05) is 103 Å². The van der Waals surface area contributed by atoms with Gasteiger partial charge in [0.05, 0.1) is 157 Å². The minimum Gasteiger partial charge on any atom is -0.493 e. The van der Waals surface area contributed by atoms with Crippen LogP contribution in [0.5, 0.6) is 69.0 Å². The van der Waals surface area contributed by atoms with Crippen molar-refractivity contribution < 1.29 is 215 Å². The third-order valence-corrected chi connectivity index (χ3v) is 22.6. The summed E-state index contributed by atoms with van der Waals surface area (Å²) in [6.45, 7) is -50.9. The van der Waals surface area contributed by atoms with E-state index in [1.807, 2.05) is 0 Å². The number of aliphatic hydroxyl groups is 6. The first-order chi connectivity index (χ1) is 104. The molecule has 18 rings (SSSR count). The molecule has 6 saturated heterocycles. The number of hydrogen-bond acceptors (Lipinski definition) is 24. The average Bonchev–Trinajstić information content (AvgIpc) is 0.646. The Morgan fingerprint density at radius 3 is 0.730 bits per heavy atom. The quantitative estimate of drug-likeness (QED) is 0.0392. The molecule has 0 aromatic heterocycles. The van der Waals surface area contributed by atoms with Gasteiger partial charge in [-0.15, -0.1) is 0 Å². The molecule has 6 aromatic rings. The second-order valence-corrected chi connectivity index (χ2v) is 35.1. The number of rotatable bonds is 21. The summed E-state index contributed by atoms with van der Waals surface area (Å²) in [5.41, 5.74) is -18.2. The van der Waals surface area contributed by atoms with Crippen LogP contribution in [0, 0.1) is 69.4 Å². The number of piperidine rings is 6. The topological polar surface area (TPSA) is 252 Å². The van der Waals surface area contributed by atoms with Crippen LogP contribution in [0.1, 0.15) is 411 Å². The second kappa shape index (κ2) is 48.4. The van der Waals surface area contributed by atoms with Gasteiger partial charge in [0.25, 0.3) is 0 Å². The van der Waals surface area contributed by atoms with E-state index in [4.69, 9.17) is 184 Å². The van der Waals surface area contributed by atoms with Crippen LogP contribution >= 0.6 is 0 Å². The lowest BCUT2D eigenvalue weighted by molar-refractivity contribution is -0.0259. The molecule has 12 aliphatic heterocycles. The van der Waals surface area contributed by atoms with Crippen molar-refractivity contribution in [3.63, 3.8) is 0 Å². The largest absolute Gasteiger partial charge is 0.493 e. The second-order valence-electron chi connectivity index (χ2n) is 35.1. The summed E-state index contributed by atoms with van der Waals surface area (Å²) in [4.78, 5) is 1.35. The monoisotopic (exact) mass is 2050 g/mol. The lowest BCUT2D eigenvalue weighted by Gasteiger charge is -2.47. The maximum atomic E-state index is 11.3. The summed E-state index contributed by atoms with van der Waals surface area (Å²) < 4.78 is 841. The highest BCUT2D eigenvalue weighted by atomic mass is 16.5. The molecule has 24 heteroatoms. The maximum Gasteiger partial charge on any atom is 0.161 e. The molecule has 6 fully saturated rings. The Hall–Kier alpha value is -7.56. The lowest BCUT2D eigenvalue weighted by atomic mass is 9.75. The van der Waals surface area contributed by atoms with Gasteiger partial charge in [0.1, 0.15) is 0 Å². The third-order valence-electron chi connectivity index (χ3n) is 22.6. The Balaban J connectivity index is 0.000000222. The Bertz CT molecular complexity index is 9420. The fourth-order valence-corrected chi connectivity index (χ4v) is 16.3. The molecule has 18 atom stereocenters. The molecule has 0 amide bonds. The van der Waals surface area contributed by atoms with Crippen molar-refractivity contribution in [2.24, 2.45) is 69.4 Å². The molecule has 141 heavy (non-hydrogen) atoms. The van der Waals surface area contributed by atoms with Gasteiger partial charge < -0.3 is 87.5 Å². The van der Waals surface area contributed by atoms with E-state index in [-0.39, 0.29) is 53.9 Å².